The molecule has 0 fully saturated rings. The van der Waals surface area contributed by atoms with Crippen molar-refractivity contribution < 1.29 is 18.3 Å². The van der Waals surface area contributed by atoms with Crippen molar-refractivity contribution in [1.82, 2.24) is 9.78 Å². The van der Waals surface area contributed by atoms with Crippen LogP contribution in [0.3, 0.4) is 0 Å². The van der Waals surface area contributed by atoms with E-state index in [0.29, 0.717) is 5.69 Å². The minimum absolute atomic E-state index is 0.175. The van der Waals surface area contributed by atoms with Crippen LogP contribution in [0.25, 0.3) is 16.6 Å². The third-order valence-corrected chi connectivity index (χ3v) is 4.26. The molecule has 23 heavy (non-hydrogen) atoms. The van der Waals surface area contributed by atoms with Crippen LogP contribution in [-0.2, 0) is 4.74 Å². The maximum Gasteiger partial charge on any atom is 0.200 e. The first-order chi connectivity index (χ1) is 11.0. The zero-order chi connectivity index (χ0) is 16.6. The molecular weight excluding hydrogens is 370 g/mol. The highest BCUT2D eigenvalue weighted by atomic mass is 79.9. The predicted octanol–water partition coefficient (Wildman–Crippen LogP) is 4.36. The summed E-state index contributed by atoms with van der Waals surface area (Å²) in [6.45, 7) is 1.77. The van der Waals surface area contributed by atoms with Gasteiger partial charge in [-0.15, -0.1) is 0 Å². The molecule has 0 amide bonds. The smallest absolute Gasteiger partial charge is 0.200 e. The summed E-state index contributed by atoms with van der Waals surface area (Å²) in [6, 6.07) is 6.32. The van der Waals surface area contributed by atoms with Gasteiger partial charge in [-0.3, -0.25) is 0 Å². The Morgan fingerprint density at radius 1 is 1.22 bits per heavy atom. The fourth-order valence-corrected chi connectivity index (χ4v) is 2.62. The van der Waals surface area contributed by atoms with E-state index in [0.717, 1.165) is 27.0 Å². The van der Waals surface area contributed by atoms with Crippen LogP contribution in [0.15, 0.2) is 34.9 Å². The summed E-state index contributed by atoms with van der Waals surface area (Å²) in [6.07, 6.45) is 1.66. The molecule has 7 heteroatoms. The summed E-state index contributed by atoms with van der Waals surface area (Å²) >= 11 is 3.46. The molecule has 0 aliphatic heterocycles. The molecule has 1 heterocycles. The van der Waals surface area contributed by atoms with Crippen molar-refractivity contribution in [3.63, 3.8) is 0 Å². The molecule has 0 spiro atoms. The number of benzene rings is 2. The minimum atomic E-state index is -1.05. The van der Waals surface area contributed by atoms with Gasteiger partial charge in [0, 0.05) is 29.1 Å². The maximum absolute atomic E-state index is 13.9. The third kappa shape index (κ3) is 2.94. The molecule has 0 aliphatic carbocycles. The molecule has 0 radical (unpaired) electrons. The van der Waals surface area contributed by atoms with Gasteiger partial charge in [0.2, 0.25) is 5.82 Å². The molecule has 0 unspecified atom stereocenters. The molecular formula is C16H13BrF2N2O2. The summed E-state index contributed by atoms with van der Waals surface area (Å²) in [5, 5.41) is 5.14. The van der Waals surface area contributed by atoms with Gasteiger partial charge in [0.15, 0.2) is 18.4 Å². The number of nitrogens with zero attached hydrogens (tertiary/aromatic N) is 2. The Labute approximate surface area is 139 Å². The van der Waals surface area contributed by atoms with Gasteiger partial charge in [-0.2, -0.15) is 9.49 Å². The summed E-state index contributed by atoms with van der Waals surface area (Å²) in [7, 11) is 1.40. The Balaban J connectivity index is 2.15. The molecule has 0 bridgehead atoms. The third-order valence-electron chi connectivity index (χ3n) is 3.40. The van der Waals surface area contributed by atoms with Gasteiger partial charge < -0.3 is 9.47 Å². The molecule has 0 saturated heterocycles. The Kier molecular flexibility index (Phi) is 4.32. The van der Waals surface area contributed by atoms with E-state index in [-0.39, 0.29) is 12.5 Å². The van der Waals surface area contributed by atoms with Gasteiger partial charge >= 0.3 is 0 Å². The van der Waals surface area contributed by atoms with Crippen LogP contribution in [0.4, 0.5) is 8.78 Å². The zero-order valence-electron chi connectivity index (χ0n) is 12.4. The van der Waals surface area contributed by atoms with E-state index in [1.165, 1.54) is 17.9 Å². The van der Waals surface area contributed by atoms with E-state index in [1.54, 1.807) is 6.20 Å². The number of fused-ring (bicyclic) bond motifs is 1. The van der Waals surface area contributed by atoms with Crippen LogP contribution in [-0.4, -0.2) is 23.7 Å². The average Bonchev–Trinajstić information content (AvgIpc) is 2.92. The molecule has 0 saturated carbocycles. The molecule has 2 aromatic carbocycles. The van der Waals surface area contributed by atoms with E-state index < -0.39 is 11.6 Å². The number of ether oxygens (including phenoxy) is 2. The Morgan fingerprint density at radius 2 is 2.00 bits per heavy atom. The number of rotatable bonds is 4. The normalized spacial score (nSPS) is 11.2. The highest BCUT2D eigenvalue weighted by Gasteiger charge is 2.15. The van der Waals surface area contributed by atoms with Crippen molar-refractivity contribution in [2.75, 3.05) is 13.9 Å². The average molecular weight is 383 g/mol. The quantitative estimate of drug-likeness (QED) is 0.629. The summed E-state index contributed by atoms with van der Waals surface area (Å²) in [5.74, 6) is -2.29. The summed E-state index contributed by atoms with van der Waals surface area (Å²) < 4.78 is 39.9. The molecule has 0 N–H and O–H groups in total. The van der Waals surface area contributed by atoms with Crippen LogP contribution in [0, 0.1) is 18.6 Å². The van der Waals surface area contributed by atoms with Gasteiger partial charge in [0.05, 0.1) is 17.4 Å². The number of methoxy groups -OCH3 is 1. The minimum Gasteiger partial charge on any atom is -0.464 e. The second-order valence-electron chi connectivity index (χ2n) is 5.01. The SMILES string of the molecule is COCOc1cc(-n2ncc3cc(Br)c(C)cc32)cc(F)c1F. The first-order valence-corrected chi connectivity index (χ1v) is 7.55. The first-order valence-electron chi connectivity index (χ1n) is 6.76. The predicted molar refractivity (Wildman–Crippen MR) is 85.9 cm³/mol. The highest BCUT2D eigenvalue weighted by molar-refractivity contribution is 9.10. The fourth-order valence-electron chi connectivity index (χ4n) is 2.26. The molecule has 3 aromatic rings. The van der Waals surface area contributed by atoms with E-state index in [9.17, 15) is 8.78 Å². The van der Waals surface area contributed by atoms with Crippen molar-refractivity contribution >= 4 is 26.8 Å². The van der Waals surface area contributed by atoms with Crippen LogP contribution in [0.2, 0.25) is 0 Å². The van der Waals surface area contributed by atoms with Crippen molar-refractivity contribution in [1.29, 1.82) is 0 Å². The Bertz CT molecular complexity index is 880. The van der Waals surface area contributed by atoms with E-state index >= 15 is 0 Å². The Hall–Kier alpha value is -1.99. The van der Waals surface area contributed by atoms with Gasteiger partial charge in [-0.1, -0.05) is 15.9 Å². The van der Waals surface area contributed by atoms with Gasteiger partial charge in [0.25, 0.3) is 0 Å². The van der Waals surface area contributed by atoms with Crippen molar-refractivity contribution in [2.24, 2.45) is 0 Å². The van der Waals surface area contributed by atoms with Crippen LogP contribution in [0.5, 0.6) is 5.75 Å². The summed E-state index contributed by atoms with van der Waals surface area (Å²) in [4.78, 5) is 0. The lowest BCUT2D eigenvalue weighted by Gasteiger charge is -2.10. The van der Waals surface area contributed by atoms with E-state index in [1.807, 2.05) is 19.1 Å². The molecule has 1 aromatic heterocycles. The van der Waals surface area contributed by atoms with E-state index in [4.69, 9.17) is 9.47 Å². The maximum atomic E-state index is 13.9. The number of aromatic nitrogens is 2. The molecule has 0 atom stereocenters. The fraction of sp³-hybridized carbons (Fsp3) is 0.188. The van der Waals surface area contributed by atoms with Crippen molar-refractivity contribution in [3.05, 3.63) is 52.1 Å². The lowest BCUT2D eigenvalue weighted by Crippen LogP contribution is -2.05. The number of hydrogen-bond donors (Lipinski definition) is 0. The van der Waals surface area contributed by atoms with E-state index in [2.05, 4.69) is 21.0 Å². The zero-order valence-corrected chi connectivity index (χ0v) is 14.0. The largest absolute Gasteiger partial charge is 0.464 e. The van der Waals surface area contributed by atoms with Gasteiger partial charge in [0.1, 0.15) is 0 Å². The number of hydrogen-bond acceptors (Lipinski definition) is 3. The monoisotopic (exact) mass is 382 g/mol. The lowest BCUT2D eigenvalue weighted by atomic mass is 10.2. The second kappa shape index (κ2) is 6.25. The molecule has 3 rings (SSSR count). The lowest BCUT2D eigenvalue weighted by molar-refractivity contribution is 0.0478. The van der Waals surface area contributed by atoms with Gasteiger partial charge in [-0.25, -0.2) is 9.07 Å². The number of aryl methyl sites for hydroxylation is 1. The van der Waals surface area contributed by atoms with Crippen LogP contribution in [0.1, 0.15) is 5.56 Å². The first kappa shape index (κ1) is 15.9. The topological polar surface area (TPSA) is 36.3 Å². The molecule has 120 valence electrons. The Morgan fingerprint density at radius 3 is 2.74 bits per heavy atom. The second-order valence-corrected chi connectivity index (χ2v) is 5.86. The standard InChI is InChI=1S/C16H13BrF2N2O2/c1-9-3-14-10(4-12(9)17)7-20-21(14)11-5-13(18)16(19)15(6-11)23-8-22-2/h3-7H,8H2,1-2H3. The van der Waals surface area contributed by atoms with Crippen LogP contribution >= 0.6 is 15.9 Å². The highest BCUT2D eigenvalue weighted by Crippen LogP contribution is 2.29. The summed E-state index contributed by atoms with van der Waals surface area (Å²) in [5.41, 5.74) is 2.17. The van der Waals surface area contributed by atoms with Gasteiger partial charge in [-0.05, 0) is 24.6 Å². The van der Waals surface area contributed by atoms with Crippen molar-refractivity contribution in [2.45, 2.75) is 6.92 Å². The van der Waals surface area contributed by atoms with Crippen molar-refractivity contribution in [3.8, 4) is 11.4 Å². The molecule has 0 aliphatic rings. The number of halogens is 3. The van der Waals surface area contributed by atoms with Crippen LogP contribution < -0.4 is 4.74 Å². The molecule has 4 nitrogen and oxygen atoms in total.